The molecule has 0 aromatic heterocycles. The molecule has 0 aliphatic heterocycles. The maximum Gasteiger partial charge on any atom is 0.339 e. The lowest BCUT2D eigenvalue weighted by molar-refractivity contribution is 0.0674. The third-order valence-corrected chi connectivity index (χ3v) is 3.74. The highest BCUT2D eigenvalue weighted by Gasteiger charge is 2.18. The highest BCUT2D eigenvalue weighted by Crippen LogP contribution is 2.23. The van der Waals surface area contributed by atoms with Crippen LogP contribution in [0.25, 0.3) is 0 Å². The fourth-order valence-electron chi connectivity index (χ4n) is 2.57. The van der Waals surface area contributed by atoms with E-state index in [1.165, 1.54) is 32.1 Å². The first-order chi connectivity index (χ1) is 9.18. The molecule has 0 atom stereocenters. The third-order valence-electron chi connectivity index (χ3n) is 3.74. The summed E-state index contributed by atoms with van der Waals surface area (Å²) in [5.41, 5.74) is 0.222. The van der Waals surface area contributed by atoms with Crippen molar-refractivity contribution in [1.29, 1.82) is 0 Å². The van der Waals surface area contributed by atoms with E-state index < -0.39 is 5.97 Å². The van der Waals surface area contributed by atoms with Gasteiger partial charge in [0, 0.05) is 6.04 Å². The Morgan fingerprint density at radius 3 is 2.68 bits per heavy atom. The number of carbonyl (C=O) groups is 1. The van der Waals surface area contributed by atoms with Gasteiger partial charge in [0.1, 0.15) is 18.0 Å². The Labute approximate surface area is 114 Å². The van der Waals surface area contributed by atoms with Crippen LogP contribution in [0.4, 0.5) is 0 Å². The predicted molar refractivity (Wildman–Crippen MR) is 73.5 cm³/mol. The molecular formula is C15H21NO3. The fraction of sp³-hybridized carbons (Fsp3) is 0.533. The van der Waals surface area contributed by atoms with Crippen molar-refractivity contribution in [3.8, 4) is 5.75 Å². The summed E-state index contributed by atoms with van der Waals surface area (Å²) in [7, 11) is 2.04. The lowest BCUT2D eigenvalue weighted by Crippen LogP contribution is -2.36. The van der Waals surface area contributed by atoms with Gasteiger partial charge in [-0.2, -0.15) is 0 Å². The minimum absolute atomic E-state index is 0.222. The molecule has 1 N–H and O–H groups in total. The van der Waals surface area contributed by atoms with Crippen molar-refractivity contribution < 1.29 is 14.6 Å². The van der Waals surface area contributed by atoms with Crippen molar-refractivity contribution in [3.63, 3.8) is 0 Å². The first-order valence-corrected chi connectivity index (χ1v) is 6.84. The van der Waals surface area contributed by atoms with E-state index in [0.29, 0.717) is 18.5 Å². The molecule has 19 heavy (non-hydrogen) atoms. The lowest BCUT2D eigenvalue weighted by Gasteiger charge is -2.30. The molecule has 1 aromatic carbocycles. The van der Waals surface area contributed by atoms with Crippen LogP contribution >= 0.6 is 0 Å². The van der Waals surface area contributed by atoms with E-state index in [-0.39, 0.29) is 5.56 Å². The molecule has 0 heterocycles. The van der Waals surface area contributed by atoms with Crippen molar-refractivity contribution in [2.24, 2.45) is 0 Å². The van der Waals surface area contributed by atoms with E-state index in [1.54, 1.807) is 24.3 Å². The molecule has 0 unspecified atom stereocenters. The molecule has 0 saturated heterocycles. The van der Waals surface area contributed by atoms with Gasteiger partial charge in [0.25, 0.3) is 0 Å². The number of nitrogens with zero attached hydrogens (tertiary/aromatic N) is 1. The van der Waals surface area contributed by atoms with E-state index in [2.05, 4.69) is 4.90 Å². The van der Waals surface area contributed by atoms with E-state index in [1.807, 2.05) is 7.05 Å². The molecular weight excluding hydrogens is 242 g/mol. The molecule has 2 rings (SSSR count). The smallest absolute Gasteiger partial charge is 0.339 e. The summed E-state index contributed by atoms with van der Waals surface area (Å²) < 4.78 is 5.66. The maximum atomic E-state index is 11.1. The zero-order chi connectivity index (χ0) is 13.7. The second-order valence-electron chi connectivity index (χ2n) is 5.12. The molecule has 0 spiro atoms. The zero-order valence-corrected chi connectivity index (χ0v) is 11.3. The van der Waals surface area contributed by atoms with Gasteiger partial charge in [-0.1, -0.05) is 31.4 Å². The van der Waals surface area contributed by atoms with E-state index in [4.69, 9.17) is 9.84 Å². The number of benzene rings is 1. The highest BCUT2D eigenvalue weighted by molar-refractivity contribution is 5.90. The molecule has 1 aliphatic rings. The second-order valence-corrected chi connectivity index (χ2v) is 5.12. The number of carboxylic acid groups (broad SMARTS) is 1. The standard InChI is InChI=1S/C15H21NO3/c1-16(12-7-3-2-4-8-12)11-19-14-10-6-5-9-13(14)15(17)18/h5-6,9-10,12H,2-4,7-8,11H2,1H3,(H,17,18). The Morgan fingerprint density at radius 2 is 2.00 bits per heavy atom. The van der Waals surface area contributed by atoms with E-state index in [0.717, 1.165) is 0 Å². The molecule has 1 fully saturated rings. The van der Waals surface area contributed by atoms with Crippen LogP contribution in [0.3, 0.4) is 0 Å². The van der Waals surface area contributed by atoms with Crippen LogP contribution in [0.5, 0.6) is 5.75 Å². The first kappa shape index (κ1) is 13.9. The molecule has 1 aliphatic carbocycles. The number of carboxylic acids is 1. The number of hydrogen-bond acceptors (Lipinski definition) is 3. The van der Waals surface area contributed by atoms with Crippen LogP contribution in [-0.2, 0) is 0 Å². The van der Waals surface area contributed by atoms with Crippen molar-refractivity contribution in [1.82, 2.24) is 4.90 Å². The topological polar surface area (TPSA) is 49.8 Å². The summed E-state index contributed by atoms with van der Waals surface area (Å²) in [6.45, 7) is 0.439. The van der Waals surface area contributed by atoms with Crippen LogP contribution in [0.1, 0.15) is 42.5 Å². The summed E-state index contributed by atoms with van der Waals surface area (Å²) in [5.74, 6) is -0.506. The second kappa shape index (κ2) is 6.57. The van der Waals surface area contributed by atoms with Crippen LogP contribution in [0, 0.1) is 0 Å². The van der Waals surface area contributed by atoms with Crippen LogP contribution in [0.15, 0.2) is 24.3 Å². The predicted octanol–water partition coefficient (Wildman–Crippen LogP) is 2.99. The molecule has 0 radical (unpaired) electrons. The largest absolute Gasteiger partial charge is 0.478 e. The molecule has 4 nitrogen and oxygen atoms in total. The summed E-state index contributed by atoms with van der Waals surface area (Å²) in [6, 6.07) is 7.34. The zero-order valence-electron chi connectivity index (χ0n) is 11.3. The van der Waals surface area contributed by atoms with Crippen molar-refractivity contribution in [2.45, 2.75) is 38.1 Å². The highest BCUT2D eigenvalue weighted by atomic mass is 16.5. The molecule has 4 heteroatoms. The summed E-state index contributed by atoms with van der Waals surface area (Å²) in [5, 5.41) is 9.09. The Bertz CT molecular complexity index is 427. The number of rotatable bonds is 5. The summed E-state index contributed by atoms with van der Waals surface area (Å²) in [6.07, 6.45) is 6.30. The average Bonchev–Trinajstić information content (AvgIpc) is 2.46. The molecule has 1 saturated carbocycles. The van der Waals surface area contributed by atoms with Gasteiger partial charge in [-0.05, 0) is 32.0 Å². The van der Waals surface area contributed by atoms with Crippen molar-refractivity contribution >= 4 is 5.97 Å². The van der Waals surface area contributed by atoms with Crippen LogP contribution in [0.2, 0.25) is 0 Å². The van der Waals surface area contributed by atoms with Gasteiger partial charge in [-0.15, -0.1) is 0 Å². The van der Waals surface area contributed by atoms with Gasteiger partial charge >= 0.3 is 5.97 Å². The van der Waals surface area contributed by atoms with Gasteiger partial charge in [0.15, 0.2) is 0 Å². The Hall–Kier alpha value is -1.55. The maximum absolute atomic E-state index is 11.1. The normalized spacial score (nSPS) is 16.5. The van der Waals surface area contributed by atoms with Crippen LogP contribution < -0.4 is 4.74 Å². The quantitative estimate of drug-likeness (QED) is 0.830. The molecule has 104 valence electrons. The number of hydrogen-bond donors (Lipinski definition) is 1. The number of para-hydroxylation sites is 1. The van der Waals surface area contributed by atoms with Crippen molar-refractivity contribution in [3.05, 3.63) is 29.8 Å². The monoisotopic (exact) mass is 263 g/mol. The van der Waals surface area contributed by atoms with Gasteiger partial charge in [0.2, 0.25) is 0 Å². The fourth-order valence-corrected chi connectivity index (χ4v) is 2.57. The summed E-state index contributed by atoms with van der Waals surface area (Å²) >= 11 is 0. The van der Waals surface area contributed by atoms with Gasteiger partial charge in [-0.25, -0.2) is 4.79 Å². The van der Waals surface area contributed by atoms with Gasteiger partial charge < -0.3 is 9.84 Å². The molecule has 0 amide bonds. The molecule has 1 aromatic rings. The van der Waals surface area contributed by atoms with Gasteiger partial charge in [0.05, 0.1) is 0 Å². The Kier molecular flexibility index (Phi) is 4.80. The third kappa shape index (κ3) is 3.70. The van der Waals surface area contributed by atoms with E-state index in [9.17, 15) is 4.79 Å². The SMILES string of the molecule is CN(COc1ccccc1C(=O)O)C1CCCCC1. The minimum atomic E-state index is -0.948. The van der Waals surface area contributed by atoms with Crippen LogP contribution in [-0.4, -0.2) is 35.8 Å². The Balaban J connectivity index is 1.92. The lowest BCUT2D eigenvalue weighted by atomic mass is 9.95. The minimum Gasteiger partial charge on any atom is -0.478 e. The van der Waals surface area contributed by atoms with E-state index >= 15 is 0 Å². The van der Waals surface area contributed by atoms with Crippen molar-refractivity contribution in [2.75, 3.05) is 13.8 Å². The number of ether oxygens (including phenoxy) is 1. The first-order valence-electron chi connectivity index (χ1n) is 6.84. The average molecular weight is 263 g/mol. The molecule has 0 bridgehead atoms. The Morgan fingerprint density at radius 1 is 1.32 bits per heavy atom. The number of aromatic carboxylic acids is 1. The van der Waals surface area contributed by atoms with Gasteiger partial charge in [-0.3, -0.25) is 4.90 Å². The summed E-state index contributed by atoms with van der Waals surface area (Å²) in [4.78, 5) is 13.3.